The molecule has 0 spiro atoms. The zero-order valence-electron chi connectivity index (χ0n) is 14.5. The molecule has 22 heavy (non-hydrogen) atoms. The summed E-state index contributed by atoms with van der Waals surface area (Å²) < 4.78 is 0. The smallest absolute Gasteiger partial charge is 0.187 e. The number of hydrogen-bond donors (Lipinski definition) is 2. The molecular formula is C18H26N2OS. The molecule has 0 atom stereocenters. The number of phenolic OH excluding ortho intramolecular Hbond substituents is 1. The normalized spacial score (nSPS) is 12.5. The lowest BCUT2D eigenvalue weighted by Gasteiger charge is -2.28. The number of anilines is 2. The Morgan fingerprint density at radius 1 is 1.00 bits per heavy atom. The monoisotopic (exact) mass is 318 g/mol. The number of thiazole rings is 1. The summed E-state index contributed by atoms with van der Waals surface area (Å²) in [6, 6.07) is 4.06. The van der Waals surface area contributed by atoms with E-state index >= 15 is 0 Å². The van der Waals surface area contributed by atoms with Crippen molar-refractivity contribution in [1.29, 1.82) is 0 Å². The van der Waals surface area contributed by atoms with Crippen LogP contribution in [-0.4, -0.2) is 10.1 Å². The van der Waals surface area contributed by atoms with Crippen LogP contribution in [0.3, 0.4) is 0 Å². The van der Waals surface area contributed by atoms with Gasteiger partial charge in [-0.1, -0.05) is 41.5 Å². The lowest BCUT2D eigenvalue weighted by atomic mass is 9.79. The summed E-state index contributed by atoms with van der Waals surface area (Å²) in [7, 11) is 0. The van der Waals surface area contributed by atoms with E-state index in [1.807, 2.05) is 25.3 Å². The van der Waals surface area contributed by atoms with E-state index in [0.717, 1.165) is 21.9 Å². The van der Waals surface area contributed by atoms with E-state index in [1.165, 1.54) is 4.88 Å². The van der Waals surface area contributed by atoms with Gasteiger partial charge in [-0.15, -0.1) is 11.3 Å². The second kappa shape index (κ2) is 5.58. The summed E-state index contributed by atoms with van der Waals surface area (Å²) in [5.74, 6) is 0.404. The fourth-order valence-electron chi connectivity index (χ4n) is 2.39. The van der Waals surface area contributed by atoms with Crippen molar-refractivity contribution in [3.8, 4) is 5.75 Å². The molecule has 0 unspecified atom stereocenters. The lowest BCUT2D eigenvalue weighted by molar-refractivity contribution is 0.423. The van der Waals surface area contributed by atoms with Gasteiger partial charge >= 0.3 is 0 Å². The highest BCUT2D eigenvalue weighted by molar-refractivity contribution is 7.15. The molecule has 0 fully saturated rings. The van der Waals surface area contributed by atoms with Gasteiger partial charge in [0.2, 0.25) is 0 Å². The largest absolute Gasteiger partial charge is 0.507 e. The number of benzene rings is 1. The number of aromatic nitrogens is 1. The quantitative estimate of drug-likeness (QED) is 0.719. The van der Waals surface area contributed by atoms with Crippen LogP contribution in [0.5, 0.6) is 5.75 Å². The van der Waals surface area contributed by atoms with Gasteiger partial charge in [0.05, 0.1) is 0 Å². The van der Waals surface area contributed by atoms with E-state index in [9.17, 15) is 5.11 Å². The van der Waals surface area contributed by atoms with Crippen molar-refractivity contribution in [1.82, 2.24) is 4.98 Å². The Kier molecular flexibility index (Phi) is 4.26. The van der Waals surface area contributed by atoms with Gasteiger partial charge in [0.1, 0.15) is 5.75 Å². The van der Waals surface area contributed by atoms with Crippen molar-refractivity contribution >= 4 is 22.2 Å². The number of phenols is 1. The minimum Gasteiger partial charge on any atom is -0.507 e. The highest BCUT2D eigenvalue weighted by Crippen LogP contribution is 2.41. The van der Waals surface area contributed by atoms with Crippen LogP contribution in [0.1, 0.15) is 57.5 Å². The minimum absolute atomic E-state index is 0.124. The topological polar surface area (TPSA) is 45.2 Å². The van der Waals surface area contributed by atoms with Crippen LogP contribution in [0, 0.1) is 6.92 Å². The van der Waals surface area contributed by atoms with Crippen LogP contribution in [0.25, 0.3) is 0 Å². The van der Waals surface area contributed by atoms with Crippen LogP contribution in [0.2, 0.25) is 0 Å². The SMILES string of the molecule is Cc1cnc(Nc2cc(C(C)(C)C)c(O)c(C(C)(C)C)c2)s1. The Bertz CT molecular complexity index is 640. The number of rotatable bonds is 2. The maximum Gasteiger partial charge on any atom is 0.187 e. The van der Waals surface area contributed by atoms with Gasteiger partial charge in [-0.25, -0.2) is 4.98 Å². The molecule has 0 aliphatic carbocycles. The molecule has 2 rings (SSSR count). The first kappa shape index (κ1) is 16.8. The molecule has 0 saturated carbocycles. The number of aromatic hydroxyl groups is 1. The molecule has 120 valence electrons. The molecule has 0 amide bonds. The Morgan fingerprint density at radius 3 is 1.86 bits per heavy atom. The van der Waals surface area contributed by atoms with E-state index < -0.39 is 0 Å². The Balaban J connectivity index is 2.55. The van der Waals surface area contributed by atoms with Gasteiger partial charge in [0.25, 0.3) is 0 Å². The second-order valence-electron chi connectivity index (χ2n) is 7.82. The summed E-state index contributed by atoms with van der Waals surface area (Å²) in [5, 5.41) is 15.0. The number of nitrogens with zero attached hydrogens (tertiary/aromatic N) is 1. The molecule has 2 aromatic rings. The van der Waals surface area contributed by atoms with Crippen molar-refractivity contribution in [3.63, 3.8) is 0 Å². The summed E-state index contributed by atoms with van der Waals surface area (Å²) >= 11 is 1.63. The lowest BCUT2D eigenvalue weighted by Crippen LogP contribution is -2.17. The molecule has 1 aromatic carbocycles. The van der Waals surface area contributed by atoms with Gasteiger partial charge in [-0.2, -0.15) is 0 Å². The molecule has 0 aliphatic heterocycles. The Morgan fingerprint density at radius 2 is 1.50 bits per heavy atom. The van der Waals surface area contributed by atoms with Gasteiger partial charge in [-0.3, -0.25) is 0 Å². The fourth-order valence-corrected chi connectivity index (χ4v) is 3.07. The zero-order chi connectivity index (χ0) is 16.7. The van der Waals surface area contributed by atoms with E-state index in [-0.39, 0.29) is 10.8 Å². The first-order valence-electron chi connectivity index (χ1n) is 7.56. The second-order valence-corrected chi connectivity index (χ2v) is 9.06. The standard InChI is InChI=1S/C18H26N2OS/c1-11-10-19-16(22-11)20-12-8-13(17(2,3)4)15(21)14(9-12)18(5,6)7/h8-10,21H,1-7H3,(H,19,20). The molecular weight excluding hydrogens is 292 g/mol. The highest BCUT2D eigenvalue weighted by Gasteiger charge is 2.26. The van der Waals surface area contributed by atoms with E-state index in [1.54, 1.807) is 11.3 Å². The number of nitrogens with one attached hydrogen (secondary N) is 1. The van der Waals surface area contributed by atoms with Crippen LogP contribution in [0.15, 0.2) is 18.3 Å². The van der Waals surface area contributed by atoms with Gasteiger partial charge in [-0.05, 0) is 29.9 Å². The van der Waals surface area contributed by atoms with Crippen LogP contribution < -0.4 is 5.32 Å². The van der Waals surface area contributed by atoms with Gasteiger partial charge in [0.15, 0.2) is 5.13 Å². The van der Waals surface area contributed by atoms with E-state index in [4.69, 9.17) is 0 Å². The van der Waals surface area contributed by atoms with Crippen molar-refractivity contribution < 1.29 is 5.11 Å². The molecule has 1 heterocycles. The third kappa shape index (κ3) is 3.61. The minimum atomic E-state index is -0.124. The fraction of sp³-hybridized carbons (Fsp3) is 0.500. The first-order chi connectivity index (χ1) is 9.98. The predicted octanol–water partition coefficient (Wildman–Crippen LogP) is 5.50. The van der Waals surface area contributed by atoms with Gasteiger partial charge in [0, 0.05) is 27.9 Å². The summed E-state index contributed by atoms with van der Waals surface area (Å²) in [5.41, 5.74) is 2.63. The Labute approximate surface area is 137 Å². The van der Waals surface area contributed by atoms with Crippen LogP contribution in [-0.2, 0) is 10.8 Å². The highest BCUT2D eigenvalue weighted by atomic mass is 32.1. The zero-order valence-corrected chi connectivity index (χ0v) is 15.4. The van der Waals surface area contributed by atoms with E-state index in [0.29, 0.717) is 5.75 Å². The van der Waals surface area contributed by atoms with Crippen molar-refractivity contribution in [3.05, 3.63) is 34.3 Å². The molecule has 1 aromatic heterocycles. The average Bonchev–Trinajstić information content (AvgIpc) is 2.74. The third-order valence-corrected chi connectivity index (χ3v) is 4.43. The van der Waals surface area contributed by atoms with Crippen molar-refractivity contribution in [2.24, 2.45) is 0 Å². The molecule has 0 aliphatic rings. The average molecular weight is 318 g/mol. The molecule has 4 heteroatoms. The summed E-state index contributed by atoms with van der Waals surface area (Å²) in [6.07, 6.45) is 1.86. The molecule has 0 saturated heterocycles. The van der Waals surface area contributed by atoms with Crippen molar-refractivity contribution in [2.45, 2.75) is 59.3 Å². The maximum atomic E-state index is 10.7. The van der Waals surface area contributed by atoms with Gasteiger partial charge < -0.3 is 10.4 Å². The summed E-state index contributed by atoms with van der Waals surface area (Å²) in [6.45, 7) is 14.7. The van der Waals surface area contributed by atoms with Crippen LogP contribution in [0.4, 0.5) is 10.8 Å². The van der Waals surface area contributed by atoms with E-state index in [2.05, 4.69) is 51.8 Å². The molecule has 2 N–H and O–H groups in total. The van der Waals surface area contributed by atoms with Crippen molar-refractivity contribution in [2.75, 3.05) is 5.32 Å². The Hall–Kier alpha value is -1.55. The van der Waals surface area contributed by atoms with Crippen LogP contribution >= 0.6 is 11.3 Å². The molecule has 0 radical (unpaired) electrons. The third-order valence-electron chi connectivity index (χ3n) is 3.60. The maximum absolute atomic E-state index is 10.7. The summed E-state index contributed by atoms with van der Waals surface area (Å²) in [4.78, 5) is 5.54. The molecule has 3 nitrogen and oxygen atoms in total. The number of aryl methyl sites for hydroxylation is 1. The number of hydrogen-bond acceptors (Lipinski definition) is 4. The predicted molar refractivity (Wildman–Crippen MR) is 95.6 cm³/mol. The first-order valence-corrected chi connectivity index (χ1v) is 8.37. The molecule has 0 bridgehead atoms.